The standard InChI is InChI=1S/C22H26F2N6O3S/c1-2-3-6-34-22-26-20(25-14-8-11(14)10-4-5-12(23)13(24)7-10)17-21(27-22)30(29-28-17)15-9-16(31)19(33)18(15)32/h4-5,7,11,14-16,18-19,31-33H,2-3,6,8-9H2,1H3,(H,25,26,27)/t11?,14?,15-,16+,18+,19-/m1/s1. The average molecular weight is 493 g/mol. The first-order valence-electron chi connectivity index (χ1n) is 11.4. The summed E-state index contributed by atoms with van der Waals surface area (Å²) in [7, 11) is 0. The van der Waals surface area contributed by atoms with Crippen molar-refractivity contribution in [2.24, 2.45) is 0 Å². The number of halogens is 2. The largest absolute Gasteiger partial charge is 0.390 e. The Labute approximate surface area is 198 Å². The smallest absolute Gasteiger partial charge is 0.191 e. The van der Waals surface area contributed by atoms with E-state index in [2.05, 4.69) is 32.5 Å². The summed E-state index contributed by atoms with van der Waals surface area (Å²) in [5.41, 5.74) is 1.51. The maximum absolute atomic E-state index is 13.7. The SMILES string of the molecule is CCCCSc1nc(NC2CC2c2ccc(F)c(F)c2)c2nnn([C@@H]3C[C@H](O)[C@@H](O)[C@H]3O)c2n1. The van der Waals surface area contributed by atoms with Crippen LogP contribution < -0.4 is 5.32 Å². The van der Waals surface area contributed by atoms with Crippen LogP contribution in [0, 0.1) is 11.6 Å². The number of thioether (sulfide) groups is 1. The van der Waals surface area contributed by atoms with E-state index in [0.29, 0.717) is 27.7 Å². The molecule has 2 heterocycles. The van der Waals surface area contributed by atoms with Crippen LogP contribution in [0.15, 0.2) is 23.4 Å². The topological polar surface area (TPSA) is 129 Å². The predicted molar refractivity (Wildman–Crippen MR) is 122 cm³/mol. The Morgan fingerprint density at radius 1 is 1.12 bits per heavy atom. The Kier molecular flexibility index (Phi) is 6.40. The maximum atomic E-state index is 13.7. The highest BCUT2D eigenvalue weighted by Gasteiger charge is 2.44. The molecule has 182 valence electrons. The van der Waals surface area contributed by atoms with Crippen LogP contribution >= 0.6 is 11.8 Å². The van der Waals surface area contributed by atoms with Gasteiger partial charge in [-0.25, -0.2) is 23.4 Å². The lowest BCUT2D eigenvalue weighted by molar-refractivity contribution is -0.0253. The van der Waals surface area contributed by atoms with Crippen LogP contribution in [0.1, 0.15) is 50.1 Å². The van der Waals surface area contributed by atoms with Gasteiger partial charge in [-0.3, -0.25) is 0 Å². The Balaban J connectivity index is 1.44. The quantitative estimate of drug-likeness (QED) is 0.213. The van der Waals surface area contributed by atoms with Gasteiger partial charge in [-0.15, -0.1) is 5.10 Å². The summed E-state index contributed by atoms with van der Waals surface area (Å²) in [4.78, 5) is 9.24. The van der Waals surface area contributed by atoms with E-state index in [-0.39, 0.29) is 18.4 Å². The van der Waals surface area contributed by atoms with E-state index >= 15 is 0 Å². The Hall–Kier alpha value is -2.41. The molecule has 0 radical (unpaired) electrons. The predicted octanol–water partition coefficient (Wildman–Crippen LogP) is 2.39. The van der Waals surface area contributed by atoms with Crippen LogP contribution in [0.4, 0.5) is 14.6 Å². The molecule has 6 atom stereocenters. The summed E-state index contributed by atoms with van der Waals surface area (Å²) in [5.74, 6) is -0.439. The fourth-order valence-electron chi connectivity index (χ4n) is 4.37. The number of benzene rings is 1. The summed E-state index contributed by atoms with van der Waals surface area (Å²) < 4.78 is 28.4. The van der Waals surface area contributed by atoms with Gasteiger partial charge in [0.1, 0.15) is 12.2 Å². The molecule has 2 fully saturated rings. The van der Waals surface area contributed by atoms with Crippen molar-refractivity contribution in [1.82, 2.24) is 25.0 Å². The van der Waals surface area contributed by atoms with Crippen LogP contribution in [0.2, 0.25) is 0 Å². The minimum atomic E-state index is -1.27. The molecule has 9 nitrogen and oxygen atoms in total. The van der Waals surface area contributed by atoms with E-state index in [9.17, 15) is 24.1 Å². The number of fused-ring (bicyclic) bond motifs is 1. The monoisotopic (exact) mass is 492 g/mol. The molecular formula is C22H26F2N6O3S. The van der Waals surface area contributed by atoms with E-state index in [0.717, 1.165) is 31.1 Å². The highest BCUT2D eigenvalue weighted by Crippen LogP contribution is 2.44. The molecule has 34 heavy (non-hydrogen) atoms. The van der Waals surface area contributed by atoms with Crippen molar-refractivity contribution < 1.29 is 24.1 Å². The van der Waals surface area contributed by atoms with Gasteiger partial charge >= 0.3 is 0 Å². The summed E-state index contributed by atoms with van der Waals surface area (Å²) in [6.07, 6.45) is -0.682. The zero-order valence-corrected chi connectivity index (χ0v) is 19.3. The number of anilines is 1. The minimum Gasteiger partial charge on any atom is -0.390 e. The van der Waals surface area contributed by atoms with Gasteiger partial charge in [0.05, 0.1) is 12.1 Å². The summed E-state index contributed by atoms with van der Waals surface area (Å²) >= 11 is 1.50. The third-order valence-corrected chi connectivity index (χ3v) is 7.39. The number of aliphatic hydroxyl groups excluding tert-OH is 3. The van der Waals surface area contributed by atoms with E-state index in [1.54, 1.807) is 6.07 Å². The van der Waals surface area contributed by atoms with Crippen molar-refractivity contribution in [3.05, 3.63) is 35.4 Å². The van der Waals surface area contributed by atoms with Crippen molar-refractivity contribution in [1.29, 1.82) is 0 Å². The van der Waals surface area contributed by atoms with Crippen molar-refractivity contribution in [2.45, 2.75) is 74.1 Å². The lowest BCUT2D eigenvalue weighted by atomic mass is 10.1. The minimum absolute atomic E-state index is 0.00769. The summed E-state index contributed by atoms with van der Waals surface area (Å²) in [6, 6.07) is 3.22. The van der Waals surface area contributed by atoms with Gasteiger partial charge in [-0.1, -0.05) is 36.4 Å². The second-order valence-corrected chi connectivity index (χ2v) is 9.94. The molecule has 2 aromatic heterocycles. The molecule has 5 rings (SSSR count). The Morgan fingerprint density at radius 2 is 1.94 bits per heavy atom. The van der Waals surface area contributed by atoms with Crippen LogP contribution in [0.5, 0.6) is 0 Å². The molecule has 2 aliphatic rings. The summed E-state index contributed by atoms with van der Waals surface area (Å²) in [5, 5.41) is 42.7. The number of hydrogen-bond acceptors (Lipinski definition) is 9. The van der Waals surface area contributed by atoms with Gasteiger partial charge in [0.15, 0.2) is 33.8 Å². The second-order valence-electron chi connectivity index (χ2n) is 8.88. The first-order chi connectivity index (χ1) is 16.4. The molecule has 2 saturated carbocycles. The first kappa shape index (κ1) is 23.3. The van der Waals surface area contributed by atoms with Gasteiger partial charge in [-0.05, 0) is 30.5 Å². The molecular weight excluding hydrogens is 466 g/mol. The zero-order chi connectivity index (χ0) is 24.0. The van der Waals surface area contributed by atoms with Crippen LogP contribution in [0.25, 0.3) is 11.2 Å². The molecule has 2 unspecified atom stereocenters. The third kappa shape index (κ3) is 4.35. The molecule has 2 aliphatic carbocycles. The van der Waals surface area contributed by atoms with Gasteiger partial charge < -0.3 is 20.6 Å². The highest BCUT2D eigenvalue weighted by molar-refractivity contribution is 7.99. The lowest BCUT2D eigenvalue weighted by Gasteiger charge is -2.16. The molecule has 0 saturated heterocycles. The Morgan fingerprint density at radius 3 is 2.65 bits per heavy atom. The summed E-state index contributed by atoms with van der Waals surface area (Å²) in [6.45, 7) is 2.10. The number of unbranched alkanes of at least 4 members (excludes halogenated alkanes) is 1. The third-order valence-electron chi connectivity index (χ3n) is 6.45. The van der Waals surface area contributed by atoms with E-state index in [1.165, 1.54) is 22.5 Å². The number of rotatable bonds is 8. The van der Waals surface area contributed by atoms with E-state index in [1.807, 2.05) is 0 Å². The van der Waals surface area contributed by atoms with Gasteiger partial charge in [0.25, 0.3) is 0 Å². The van der Waals surface area contributed by atoms with Crippen molar-refractivity contribution in [3.63, 3.8) is 0 Å². The number of nitrogens with one attached hydrogen (secondary N) is 1. The normalized spacial score (nSPS) is 28.5. The van der Waals surface area contributed by atoms with Crippen molar-refractivity contribution >= 4 is 28.7 Å². The second kappa shape index (κ2) is 9.33. The number of aliphatic hydroxyl groups is 3. The van der Waals surface area contributed by atoms with E-state index in [4.69, 9.17) is 0 Å². The van der Waals surface area contributed by atoms with Gasteiger partial charge in [0.2, 0.25) is 0 Å². The molecule has 1 aromatic carbocycles. The van der Waals surface area contributed by atoms with Crippen LogP contribution in [-0.4, -0.2) is 70.4 Å². The zero-order valence-electron chi connectivity index (χ0n) is 18.5. The first-order valence-corrected chi connectivity index (χ1v) is 12.4. The molecule has 0 spiro atoms. The molecule has 0 aliphatic heterocycles. The molecule has 4 N–H and O–H groups in total. The van der Waals surface area contributed by atoms with Gasteiger partial charge in [0, 0.05) is 24.1 Å². The van der Waals surface area contributed by atoms with Crippen molar-refractivity contribution in [3.8, 4) is 0 Å². The van der Waals surface area contributed by atoms with Crippen molar-refractivity contribution in [2.75, 3.05) is 11.1 Å². The molecule has 3 aromatic rings. The van der Waals surface area contributed by atoms with Crippen LogP contribution in [-0.2, 0) is 0 Å². The highest BCUT2D eigenvalue weighted by atomic mass is 32.2. The molecule has 0 amide bonds. The van der Waals surface area contributed by atoms with Crippen LogP contribution in [0.3, 0.4) is 0 Å². The maximum Gasteiger partial charge on any atom is 0.191 e. The average Bonchev–Trinajstić information content (AvgIpc) is 3.38. The lowest BCUT2D eigenvalue weighted by Crippen LogP contribution is -2.31. The number of hydrogen-bond donors (Lipinski definition) is 4. The molecule has 0 bridgehead atoms. The number of aromatic nitrogens is 5. The fraction of sp³-hybridized carbons (Fsp3) is 0.545. The van der Waals surface area contributed by atoms with E-state index < -0.39 is 36.0 Å². The van der Waals surface area contributed by atoms with Gasteiger partial charge in [-0.2, -0.15) is 0 Å². The Bertz CT molecular complexity index is 1200. The fourth-order valence-corrected chi connectivity index (χ4v) is 5.30. The number of nitrogens with zero attached hydrogens (tertiary/aromatic N) is 5. The molecule has 12 heteroatoms.